The Morgan fingerprint density at radius 1 is 0.957 bits per heavy atom. The number of unbranched alkanes of at least 4 members (excludes halogenated alkanes) is 2. The average molecular weight is 308 g/mol. The van der Waals surface area contributed by atoms with Crippen LogP contribution in [0.25, 0.3) is 0 Å². The van der Waals surface area contributed by atoms with E-state index in [1.807, 2.05) is 24.3 Å². The molecule has 0 fully saturated rings. The van der Waals surface area contributed by atoms with E-state index in [4.69, 9.17) is 9.84 Å². The normalized spacial score (nSPS) is 9.78. The van der Waals surface area contributed by atoms with E-state index in [1.165, 1.54) is 12.8 Å². The Kier molecular flexibility index (Phi) is 6.26. The van der Waals surface area contributed by atoms with Gasteiger partial charge >= 0.3 is 5.97 Å². The van der Waals surface area contributed by atoms with Crippen LogP contribution in [0.1, 0.15) is 47.7 Å². The maximum Gasteiger partial charge on any atom is 0.335 e. The Morgan fingerprint density at radius 2 is 1.52 bits per heavy atom. The Hall–Kier alpha value is -2.73. The van der Waals surface area contributed by atoms with Crippen LogP contribution in [0.15, 0.2) is 48.5 Å². The van der Waals surface area contributed by atoms with E-state index in [0.717, 1.165) is 29.9 Å². The van der Waals surface area contributed by atoms with E-state index in [2.05, 4.69) is 18.8 Å². The van der Waals surface area contributed by atoms with Gasteiger partial charge in [0.2, 0.25) is 0 Å². The van der Waals surface area contributed by atoms with Crippen LogP contribution in [0.5, 0.6) is 5.75 Å². The third kappa shape index (κ3) is 5.52. The minimum absolute atomic E-state index is 0.264. The highest BCUT2D eigenvalue weighted by Gasteiger charge is 2.00. The second-order valence-electron chi connectivity index (χ2n) is 5.21. The maximum absolute atomic E-state index is 10.8. The molecule has 1 N–H and O–H groups in total. The molecule has 0 aliphatic heterocycles. The minimum atomic E-state index is -0.931. The number of ether oxygens (including phenoxy) is 1. The first-order chi connectivity index (χ1) is 11.2. The molecule has 0 heterocycles. The summed E-state index contributed by atoms with van der Waals surface area (Å²) in [5.74, 6) is 6.01. The molecule has 0 aliphatic rings. The topological polar surface area (TPSA) is 46.5 Å². The van der Waals surface area contributed by atoms with Gasteiger partial charge in [-0.05, 0) is 55.0 Å². The van der Waals surface area contributed by atoms with Gasteiger partial charge in [-0.15, -0.1) is 0 Å². The maximum atomic E-state index is 10.8. The van der Waals surface area contributed by atoms with Crippen LogP contribution in [-0.4, -0.2) is 17.7 Å². The summed E-state index contributed by atoms with van der Waals surface area (Å²) in [5.41, 5.74) is 1.95. The Labute approximate surface area is 136 Å². The molecule has 0 radical (unpaired) electrons. The first-order valence-corrected chi connectivity index (χ1v) is 7.77. The summed E-state index contributed by atoms with van der Waals surface area (Å²) in [4.78, 5) is 10.8. The minimum Gasteiger partial charge on any atom is -0.494 e. The molecule has 0 spiro atoms. The lowest BCUT2D eigenvalue weighted by Crippen LogP contribution is -1.96. The zero-order chi connectivity index (χ0) is 16.5. The van der Waals surface area contributed by atoms with Crippen LogP contribution >= 0.6 is 0 Å². The quantitative estimate of drug-likeness (QED) is 0.637. The molecular formula is C20H20O3. The Bertz CT molecular complexity index is 688. The number of benzene rings is 2. The standard InChI is InChI=1S/C20H20O3/c1-2-3-4-15-23-19-13-9-17(10-14-19)6-5-16-7-11-18(12-8-16)20(21)22/h7-14H,2-4,15H2,1H3,(H,21,22). The van der Waals surface area contributed by atoms with Crippen molar-refractivity contribution in [3.63, 3.8) is 0 Å². The number of carboxylic acid groups (broad SMARTS) is 1. The molecule has 3 nitrogen and oxygen atoms in total. The van der Waals surface area contributed by atoms with E-state index in [9.17, 15) is 4.79 Å². The van der Waals surface area contributed by atoms with Crippen molar-refractivity contribution >= 4 is 5.97 Å². The van der Waals surface area contributed by atoms with Gasteiger partial charge in [-0.25, -0.2) is 4.79 Å². The number of hydrogen-bond acceptors (Lipinski definition) is 2. The summed E-state index contributed by atoms with van der Waals surface area (Å²) in [6.45, 7) is 2.91. The number of carboxylic acids is 1. The van der Waals surface area contributed by atoms with Gasteiger partial charge in [-0.1, -0.05) is 31.6 Å². The Balaban J connectivity index is 1.94. The molecule has 118 valence electrons. The smallest absolute Gasteiger partial charge is 0.335 e. The zero-order valence-corrected chi connectivity index (χ0v) is 13.2. The fourth-order valence-corrected chi connectivity index (χ4v) is 2.02. The summed E-state index contributed by atoms with van der Waals surface area (Å²) in [5, 5.41) is 8.85. The molecule has 2 aromatic carbocycles. The molecule has 0 bridgehead atoms. The first-order valence-electron chi connectivity index (χ1n) is 7.77. The fraction of sp³-hybridized carbons (Fsp3) is 0.250. The number of hydrogen-bond donors (Lipinski definition) is 1. The first kappa shape index (κ1) is 16.6. The molecule has 2 aromatic rings. The van der Waals surface area contributed by atoms with Crippen LogP contribution < -0.4 is 4.74 Å². The van der Waals surface area contributed by atoms with Crippen LogP contribution in [0.3, 0.4) is 0 Å². The van der Waals surface area contributed by atoms with Crippen molar-refractivity contribution in [2.24, 2.45) is 0 Å². The highest BCUT2D eigenvalue weighted by molar-refractivity contribution is 5.87. The molecule has 0 unspecified atom stereocenters. The fourth-order valence-electron chi connectivity index (χ4n) is 2.02. The van der Waals surface area contributed by atoms with Gasteiger partial charge in [-0.3, -0.25) is 0 Å². The van der Waals surface area contributed by atoms with Crippen molar-refractivity contribution in [1.82, 2.24) is 0 Å². The highest BCUT2D eigenvalue weighted by atomic mass is 16.5. The van der Waals surface area contributed by atoms with Gasteiger partial charge in [0, 0.05) is 11.1 Å². The van der Waals surface area contributed by atoms with E-state index in [0.29, 0.717) is 0 Å². The predicted molar refractivity (Wildman–Crippen MR) is 90.8 cm³/mol. The molecule has 23 heavy (non-hydrogen) atoms. The van der Waals surface area contributed by atoms with Crippen LogP contribution in [0.4, 0.5) is 0 Å². The molecule has 0 saturated carbocycles. The lowest BCUT2D eigenvalue weighted by Gasteiger charge is -2.05. The second kappa shape index (κ2) is 8.65. The van der Waals surface area contributed by atoms with Crippen molar-refractivity contribution in [2.45, 2.75) is 26.2 Å². The highest BCUT2D eigenvalue weighted by Crippen LogP contribution is 2.12. The van der Waals surface area contributed by atoms with Crippen molar-refractivity contribution in [3.05, 3.63) is 65.2 Å². The van der Waals surface area contributed by atoms with Crippen molar-refractivity contribution in [2.75, 3.05) is 6.61 Å². The van der Waals surface area contributed by atoms with Crippen molar-refractivity contribution in [1.29, 1.82) is 0 Å². The number of aromatic carboxylic acids is 1. The van der Waals surface area contributed by atoms with Gasteiger partial charge in [0.1, 0.15) is 5.75 Å². The van der Waals surface area contributed by atoms with E-state index in [1.54, 1.807) is 24.3 Å². The predicted octanol–water partition coefficient (Wildman–Crippen LogP) is 4.35. The number of carbonyl (C=O) groups is 1. The summed E-state index contributed by atoms with van der Waals surface area (Å²) in [6.07, 6.45) is 3.44. The summed E-state index contributed by atoms with van der Waals surface area (Å²) in [6, 6.07) is 14.2. The molecule has 0 aromatic heterocycles. The third-order valence-electron chi connectivity index (χ3n) is 3.35. The second-order valence-corrected chi connectivity index (χ2v) is 5.21. The van der Waals surface area contributed by atoms with Crippen molar-refractivity contribution in [3.8, 4) is 17.6 Å². The summed E-state index contributed by atoms with van der Waals surface area (Å²) < 4.78 is 5.66. The largest absolute Gasteiger partial charge is 0.494 e. The summed E-state index contributed by atoms with van der Waals surface area (Å²) in [7, 11) is 0. The van der Waals surface area contributed by atoms with Gasteiger partial charge < -0.3 is 9.84 Å². The molecule has 3 heteroatoms. The molecule has 0 saturated heterocycles. The van der Waals surface area contributed by atoms with Gasteiger partial charge in [0.05, 0.1) is 12.2 Å². The number of rotatable bonds is 6. The SMILES string of the molecule is CCCCCOc1ccc(C#Cc2ccc(C(=O)O)cc2)cc1. The lowest BCUT2D eigenvalue weighted by molar-refractivity contribution is 0.0697. The third-order valence-corrected chi connectivity index (χ3v) is 3.35. The summed E-state index contributed by atoms with van der Waals surface area (Å²) >= 11 is 0. The van der Waals surface area contributed by atoms with Gasteiger partial charge in [-0.2, -0.15) is 0 Å². The molecular weight excluding hydrogens is 288 g/mol. The molecule has 2 rings (SSSR count). The van der Waals surface area contributed by atoms with E-state index < -0.39 is 5.97 Å². The van der Waals surface area contributed by atoms with Crippen LogP contribution in [0, 0.1) is 11.8 Å². The van der Waals surface area contributed by atoms with E-state index >= 15 is 0 Å². The average Bonchev–Trinajstić information content (AvgIpc) is 2.58. The van der Waals surface area contributed by atoms with Crippen LogP contribution in [-0.2, 0) is 0 Å². The Morgan fingerprint density at radius 3 is 2.04 bits per heavy atom. The molecule has 0 aliphatic carbocycles. The van der Waals surface area contributed by atoms with Gasteiger partial charge in [0.15, 0.2) is 0 Å². The van der Waals surface area contributed by atoms with Crippen LogP contribution in [0.2, 0.25) is 0 Å². The van der Waals surface area contributed by atoms with Crippen molar-refractivity contribution < 1.29 is 14.6 Å². The van der Waals surface area contributed by atoms with E-state index in [-0.39, 0.29) is 5.56 Å². The molecule has 0 amide bonds. The van der Waals surface area contributed by atoms with Gasteiger partial charge in [0.25, 0.3) is 0 Å². The lowest BCUT2D eigenvalue weighted by atomic mass is 10.1. The molecule has 0 atom stereocenters. The monoisotopic (exact) mass is 308 g/mol. The zero-order valence-electron chi connectivity index (χ0n) is 13.2.